The predicted molar refractivity (Wildman–Crippen MR) is 82.8 cm³/mol. The molecule has 2 aromatic heterocycles. The van der Waals surface area contributed by atoms with Gasteiger partial charge in [0.15, 0.2) is 0 Å². The molecule has 1 aliphatic rings. The van der Waals surface area contributed by atoms with Crippen molar-refractivity contribution in [3.05, 3.63) is 30.7 Å². The van der Waals surface area contributed by atoms with Crippen molar-refractivity contribution in [3.8, 4) is 0 Å². The molecule has 0 spiro atoms. The SMILES string of the molecule is CC(C)(C)C1C(Sc2ccc3nccn3c2)CN1C(=O)O. The number of fused-ring (bicyclic) bond motifs is 1. The normalized spacial score (nSPS) is 22.3. The smallest absolute Gasteiger partial charge is 0.407 e. The molecule has 5 nitrogen and oxygen atoms in total. The van der Waals surface area contributed by atoms with Crippen LogP contribution in [-0.4, -0.2) is 43.3 Å². The minimum Gasteiger partial charge on any atom is -0.465 e. The highest BCUT2D eigenvalue weighted by molar-refractivity contribution is 8.00. The molecule has 112 valence electrons. The predicted octanol–water partition coefficient (Wildman–Crippen LogP) is 3.20. The van der Waals surface area contributed by atoms with Crippen LogP contribution in [0.15, 0.2) is 35.6 Å². The van der Waals surface area contributed by atoms with Gasteiger partial charge in [0.25, 0.3) is 0 Å². The fourth-order valence-electron chi connectivity index (χ4n) is 2.94. The number of nitrogens with zero attached hydrogens (tertiary/aromatic N) is 3. The lowest BCUT2D eigenvalue weighted by atomic mass is 9.79. The number of carbonyl (C=O) groups is 1. The molecule has 0 radical (unpaired) electrons. The summed E-state index contributed by atoms with van der Waals surface area (Å²) in [5.74, 6) is 0. The van der Waals surface area contributed by atoms with Crippen molar-refractivity contribution in [1.82, 2.24) is 14.3 Å². The van der Waals surface area contributed by atoms with E-state index in [0.717, 1.165) is 10.5 Å². The lowest BCUT2D eigenvalue weighted by Gasteiger charge is -2.52. The summed E-state index contributed by atoms with van der Waals surface area (Å²) in [6.07, 6.45) is 4.93. The minimum absolute atomic E-state index is 0.0403. The third-order valence-corrected chi connectivity index (χ3v) is 5.07. The van der Waals surface area contributed by atoms with E-state index in [4.69, 9.17) is 0 Å². The topological polar surface area (TPSA) is 57.8 Å². The van der Waals surface area contributed by atoms with E-state index in [9.17, 15) is 9.90 Å². The first-order valence-corrected chi connectivity index (χ1v) is 7.83. The standard InChI is InChI=1S/C15H19N3O2S/c1-15(2,3)13-11(9-18(13)14(19)20)21-10-4-5-12-16-6-7-17(12)8-10/h4-8,11,13H,9H2,1-3H3,(H,19,20). The molecule has 3 heterocycles. The van der Waals surface area contributed by atoms with Gasteiger partial charge in [0, 0.05) is 35.3 Å². The Labute approximate surface area is 128 Å². The summed E-state index contributed by atoms with van der Waals surface area (Å²) in [5, 5.41) is 9.56. The summed E-state index contributed by atoms with van der Waals surface area (Å²) in [6, 6.07) is 4.08. The van der Waals surface area contributed by atoms with Crippen LogP contribution >= 0.6 is 11.8 Å². The Balaban J connectivity index is 1.79. The maximum Gasteiger partial charge on any atom is 0.407 e. The zero-order valence-electron chi connectivity index (χ0n) is 12.4. The second-order valence-corrected chi connectivity index (χ2v) is 7.77. The second kappa shape index (κ2) is 4.94. The van der Waals surface area contributed by atoms with Crippen LogP contribution in [0.1, 0.15) is 20.8 Å². The van der Waals surface area contributed by atoms with Crippen LogP contribution in [0.3, 0.4) is 0 Å². The highest BCUT2D eigenvalue weighted by atomic mass is 32.2. The summed E-state index contributed by atoms with van der Waals surface area (Å²) in [7, 11) is 0. The minimum atomic E-state index is -0.822. The van der Waals surface area contributed by atoms with Crippen molar-refractivity contribution >= 4 is 23.5 Å². The van der Waals surface area contributed by atoms with Crippen LogP contribution in [0.4, 0.5) is 4.79 Å². The van der Waals surface area contributed by atoms with Gasteiger partial charge >= 0.3 is 6.09 Å². The van der Waals surface area contributed by atoms with Gasteiger partial charge in [-0.05, 0) is 17.5 Å². The number of carboxylic acid groups (broad SMARTS) is 1. The second-order valence-electron chi connectivity index (χ2n) is 6.46. The first-order valence-electron chi connectivity index (χ1n) is 6.95. The Hall–Kier alpha value is -1.69. The van der Waals surface area contributed by atoms with Gasteiger partial charge in [-0.2, -0.15) is 0 Å². The maximum atomic E-state index is 11.3. The number of aromatic nitrogens is 2. The van der Waals surface area contributed by atoms with Crippen LogP contribution in [-0.2, 0) is 0 Å². The largest absolute Gasteiger partial charge is 0.465 e. The van der Waals surface area contributed by atoms with Gasteiger partial charge in [-0.1, -0.05) is 20.8 Å². The van der Waals surface area contributed by atoms with Gasteiger partial charge < -0.3 is 14.4 Å². The Morgan fingerprint density at radius 3 is 2.86 bits per heavy atom. The summed E-state index contributed by atoms with van der Waals surface area (Å²) < 4.78 is 1.99. The van der Waals surface area contributed by atoms with E-state index in [2.05, 4.69) is 38.0 Å². The average molecular weight is 305 g/mol. The maximum absolute atomic E-state index is 11.3. The molecule has 1 N–H and O–H groups in total. The highest BCUT2D eigenvalue weighted by Crippen LogP contribution is 2.42. The van der Waals surface area contributed by atoms with Gasteiger partial charge in [-0.25, -0.2) is 9.78 Å². The van der Waals surface area contributed by atoms with Crippen LogP contribution in [0.25, 0.3) is 5.65 Å². The molecule has 3 rings (SSSR count). The van der Waals surface area contributed by atoms with Crippen molar-refractivity contribution in [2.45, 2.75) is 37.0 Å². The first-order chi connectivity index (χ1) is 9.86. The molecule has 2 aromatic rings. The molecule has 2 atom stereocenters. The number of rotatable bonds is 2. The van der Waals surface area contributed by atoms with Crippen LogP contribution in [0, 0.1) is 5.41 Å². The third-order valence-electron chi connectivity index (χ3n) is 3.85. The van der Waals surface area contributed by atoms with Crippen LogP contribution in [0.2, 0.25) is 0 Å². The first kappa shape index (κ1) is 14.3. The molecule has 0 bridgehead atoms. The number of hydrogen-bond donors (Lipinski definition) is 1. The number of pyridine rings is 1. The fraction of sp³-hybridized carbons (Fsp3) is 0.467. The average Bonchev–Trinajstić information content (AvgIpc) is 2.78. The Bertz CT molecular complexity index is 677. The van der Waals surface area contributed by atoms with E-state index in [1.165, 1.54) is 0 Å². The highest BCUT2D eigenvalue weighted by Gasteiger charge is 2.48. The van der Waals surface area contributed by atoms with E-state index in [1.54, 1.807) is 22.9 Å². The van der Waals surface area contributed by atoms with Gasteiger partial charge in [-0.3, -0.25) is 0 Å². The Morgan fingerprint density at radius 2 is 2.19 bits per heavy atom. The Kier molecular flexibility index (Phi) is 3.36. The van der Waals surface area contributed by atoms with E-state index >= 15 is 0 Å². The summed E-state index contributed by atoms with van der Waals surface area (Å²) in [6.45, 7) is 6.88. The molecule has 0 saturated carbocycles. The molecule has 1 aliphatic heterocycles. The number of thioether (sulfide) groups is 1. The van der Waals surface area contributed by atoms with Gasteiger partial charge in [0.2, 0.25) is 0 Å². The van der Waals surface area contributed by atoms with Crippen molar-refractivity contribution in [2.75, 3.05) is 6.54 Å². The van der Waals surface area contributed by atoms with Crippen LogP contribution < -0.4 is 0 Å². The number of hydrogen-bond acceptors (Lipinski definition) is 3. The van der Waals surface area contributed by atoms with E-state index in [-0.39, 0.29) is 11.5 Å². The van der Waals surface area contributed by atoms with Crippen molar-refractivity contribution < 1.29 is 9.90 Å². The zero-order valence-corrected chi connectivity index (χ0v) is 13.2. The number of likely N-dealkylation sites (tertiary alicyclic amines) is 1. The number of imidazole rings is 1. The van der Waals surface area contributed by atoms with E-state index in [0.29, 0.717) is 11.8 Å². The van der Waals surface area contributed by atoms with Gasteiger partial charge in [-0.15, -0.1) is 11.8 Å². The molecule has 21 heavy (non-hydrogen) atoms. The molecular formula is C15H19N3O2S. The molecule has 1 fully saturated rings. The lowest BCUT2D eigenvalue weighted by molar-refractivity contribution is 0.0264. The molecule has 0 aliphatic carbocycles. The summed E-state index contributed by atoms with van der Waals surface area (Å²) in [4.78, 5) is 18.2. The van der Waals surface area contributed by atoms with Crippen LogP contribution in [0.5, 0.6) is 0 Å². The lowest BCUT2D eigenvalue weighted by Crippen LogP contribution is -2.65. The molecular weight excluding hydrogens is 286 g/mol. The zero-order chi connectivity index (χ0) is 15.2. The molecule has 0 aromatic carbocycles. The molecule has 2 unspecified atom stereocenters. The quantitative estimate of drug-likeness (QED) is 0.925. The fourth-order valence-corrected chi connectivity index (χ4v) is 4.53. The molecule has 1 amide bonds. The van der Waals surface area contributed by atoms with Gasteiger partial charge in [0.1, 0.15) is 5.65 Å². The van der Waals surface area contributed by atoms with Crippen molar-refractivity contribution in [1.29, 1.82) is 0 Å². The van der Waals surface area contributed by atoms with Crippen molar-refractivity contribution in [2.24, 2.45) is 5.41 Å². The molecule has 1 saturated heterocycles. The Morgan fingerprint density at radius 1 is 1.43 bits per heavy atom. The van der Waals surface area contributed by atoms with E-state index in [1.807, 2.05) is 16.7 Å². The van der Waals surface area contributed by atoms with Crippen molar-refractivity contribution in [3.63, 3.8) is 0 Å². The number of amides is 1. The summed E-state index contributed by atoms with van der Waals surface area (Å²) in [5.41, 5.74) is 0.862. The van der Waals surface area contributed by atoms with Gasteiger partial charge in [0.05, 0.1) is 6.04 Å². The monoisotopic (exact) mass is 305 g/mol. The third kappa shape index (κ3) is 2.60. The van der Waals surface area contributed by atoms with E-state index < -0.39 is 6.09 Å². The summed E-state index contributed by atoms with van der Waals surface area (Å²) >= 11 is 1.75. The molecule has 6 heteroatoms.